The summed E-state index contributed by atoms with van der Waals surface area (Å²) in [4.78, 5) is 13.7. The maximum Gasteiger partial charge on any atom is 0.271 e. The van der Waals surface area contributed by atoms with Gasteiger partial charge in [0.1, 0.15) is 0 Å². The number of benzene rings is 1. The lowest BCUT2D eigenvalue weighted by molar-refractivity contribution is 0.0955. The van der Waals surface area contributed by atoms with E-state index >= 15 is 0 Å². The molecule has 0 radical (unpaired) electrons. The summed E-state index contributed by atoms with van der Waals surface area (Å²) in [6, 6.07) is 8.40. The Bertz CT molecular complexity index is 683. The molecule has 5 nitrogen and oxygen atoms in total. The molecular weight excluding hydrogens is 358 g/mol. The highest BCUT2D eigenvalue weighted by Crippen LogP contribution is 2.27. The fourth-order valence-electron chi connectivity index (χ4n) is 1.59. The van der Waals surface area contributed by atoms with E-state index < -0.39 is 0 Å². The molecule has 1 N–H and O–H groups in total. The molecule has 2 aromatic rings. The number of anilines is 1. The molecule has 1 heterocycles. The van der Waals surface area contributed by atoms with Crippen LogP contribution >= 0.6 is 27.5 Å². The summed E-state index contributed by atoms with van der Waals surface area (Å²) >= 11 is 9.21. The first kappa shape index (κ1) is 15.6. The van der Waals surface area contributed by atoms with Gasteiger partial charge in [-0.1, -0.05) is 17.7 Å². The highest BCUT2D eigenvalue weighted by Gasteiger charge is 2.09. The number of rotatable bonds is 4. The topological polar surface area (TPSA) is 57.8 Å². The molecule has 0 saturated heterocycles. The molecule has 0 aliphatic carbocycles. The Balaban J connectivity index is 2.02. The largest absolute Gasteiger partial charge is 0.438 e. The van der Waals surface area contributed by atoms with Crippen molar-refractivity contribution in [2.45, 2.75) is 0 Å². The van der Waals surface area contributed by atoms with Crippen molar-refractivity contribution in [1.29, 1.82) is 0 Å². The van der Waals surface area contributed by atoms with Gasteiger partial charge in [0.15, 0.2) is 5.76 Å². The lowest BCUT2D eigenvalue weighted by Gasteiger charge is -2.07. The predicted octanol–water partition coefficient (Wildman–Crippen LogP) is 3.53. The van der Waals surface area contributed by atoms with Crippen molar-refractivity contribution < 1.29 is 9.21 Å². The van der Waals surface area contributed by atoms with Gasteiger partial charge in [-0.2, -0.15) is 5.10 Å². The molecule has 2 rings (SSSR count). The molecular formula is C14H13BrClN3O2. The first-order valence-electron chi connectivity index (χ1n) is 6.03. The molecule has 1 aromatic heterocycles. The van der Waals surface area contributed by atoms with Crippen molar-refractivity contribution in [3.63, 3.8) is 0 Å². The van der Waals surface area contributed by atoms with Crippen LogP contribution in [0.25, 0.3) is 0 Å². The van der Waals surface area contributed by atoms with Gasteiger partial charge in [-0.25, -0.2) is 5.43 Å². The molecule has 0 aliphatic rings. The molecule has 0 atom stereocenters. The molecule has 110 valence electrons. The molecule has 21 heavy (non-hydrogen) atoms. The van der Waals surface area contributed by atoms with Gasteiger partial charge < -0.3 is 9.32 Å². The smallest absolute Gasteiger partial charge is 0.271 e. The Hall–Kier alpha value is -1.79. The number of furan rings is 1. The maximum atomic E-state index is 11.8. The van der Waals surface area contributed by atoms with Crippen LogP contribution in [-0.2, 0) is 0 Å². The van der Waals surface area contributed by atoms with Gasteiger partial charge in [-0.15, -0.1) is 0 Å². The van der Waals surface area contributed by atoms with E-state index in [1.807, 2.05) is 19.0 Å². The van der Waals surface area contributed by atoms with Crippen LogP contribution in [-0.4, -0.2) is 26.2 Å². The number of carbonyl (C=O) groups excluding carboxylic acids is 1. The Labute approximate surface area is 135 Å². The Morgan fingerprint density at radius 1 is 1.43 bits per heavy atom. The monoisotopic (exact) mass is 369 g/mol. The lowest BCUT2D eigenvalue weighted by Crippen LogP contribution is -2.17. The number of nitrogens with zero attached hydrogens (tertiary/aromatic N) is 2. The van der Waals surface area contributed by atoms with Crippen LogP contribution in [0.15, 0.2) is 44.3 Å². The third-order valence-corrected chi connectivity index (χ3v) is 3.34. The minimum Gasteiger partial charge on any atom is -0.438 e. The second-order valence-corrected chi connectivity index (χ2v) is 5.70. The third-order valence-electron chi connectivity index (χ3n) is 2.54. The zero-order chi connectivity index (χ0) is 15.4. The van der Waals surface area contributed by atoms with Crippen molar-refractivity contribution >= 4 is 45.5 Å². The molecule has 0 spiro atoms. The summed E-state index contributed by atoms with van der Waals surface area (Å²) in [5.41, 5.74) is 2.85. The quantitative estimate of drug-likeness (QED) is 0.662. The molecule has 0 saturated carbocycles. The number of hydrogen-bond donors (Lipinski definition) is 1. The first-order chi connectivity index (χ1) is 9.97. The van der Waals surface area contributed by atoms with Crippen LogP contribution in [0.3, 0.4) is 0 Å². The van der Waals surface area contributed by atoms with Crippen LogP contribution in [0.5, 0.6) is 0 Å². The summed E-state index contributed by atoms with van der Waals surface area (Å²) in [5, 5.41) is 4.36. The fraction of sp³-hybridized carbons (Fsp3) is 0.143. The van der Waals surface area contributed by atoms with E-state index in [2.05, 4.69) is 26.5 Å². The highest BCUT2D eigenvalue weighted by atomic mass is 79.9. The number of carbonyl (C=O) groups is 1. The van der Waals surface area contributed by atoms with Gasteiger partial charge in [-0.05, 0) is 34.1 Å². The van der Waals surface area contributed by atoms with Crippen molar-refractivity contribution in [1.82, 2.24) is 5.43 Å². The summed E-state index contributed by atoms with van der Waals surface area (Å²) in [6.07, 6.45) is 1.43. The van der Waals surface area contributed by atoms with Crippen molar-refractivity contribution in [3.8, 4) is 0 Å². The van der Waals surface area contributed by atoms with Gasteiger partial charge >= 0.3 is 0 Å². The van der Waals surface area contributed by atoms with E-state index in [-0.39, 0.29) is 5.91 Å². The average Bonchev–Trinajstić information content (AvgIpc) is 2.80. The standard InChI is InChI=1S/C14H13BrClN3O2/c1-19(2)14-12(15)7-11(21-14)8-17-18-13(20)9-4-3-5-10(16)6-9/h3-8H,1-2H3,(H,18,20)/b17-8-. The summed E-state index contributed by atoms with van der Waals surface area (Å²) in [6.45, 7) is 0. The van der Waals surface area contributed by atoms with Crippen LogP contribution in [0, 0.1) is 0 Å². The minimum absolute atomic E-state index is 0.341. The zero-order valence-electron chi connectivity index (χ0n) is 11.4. The molecule has 0 fully saturated rings. The number of hydrazone groups is 1. The third kappa shape index (κ3) is 4.09. The highest BCUT2D eigenvalue weighted by molar-refractivity contribution is 9.10. The predicted molar refractivity (Wildman–Crippen MR) is 87.2 cm³/mol. The van der Waals surface area contributed by atoms with Crippen LogP contribution in [0.1, 0.15) is 16.1 Å². The molecule has 1 amide bonds. The molecule has 0 bridgehead atoms. The first-order valence-corrected chi connectivity index (χ1v) is 7.20. The van der Waals surface area contributed by atoms with E-state index in [0.717, 1.165) is 4.47 Å². The van der Waals surface area contributed by atoms with Gasteiger partial charge in [-0.3, -0.25) is 4.79 Å². The fourth-order valence-corrected chi connectivity index (χ4v) is 2.45. The summed E-state index contributed by atoms with van der Waals surface area (Å²) in [5.74, 6) is 0.863. The van der Waals surface area contributed by atoms with E-state index in [9.17, 15) is 4.79 Å². The Kier molecular flexibility index (Phi) is 5.03. The van der Waals surface area contributed by atoms with E-state index in [0.29, 0.717) is 22.2 Å². The normalized spacial score (nSPS) is 10.9. The number of nitrogens with one attached hydrogen (secondary N) is 1. The van der Waals surface area contributed by atoms with E-state index in [4.69, 9.17) is 16.0 Å². The van der Waals surface area contributed by atoms with Gasteiger partial charge in [0.05, 0.1) is 10.7 Å². The van der Waals surface area contributed by atoms with E-state index in [1.165, 1.54) is 6.21 Å². The number of halogens is 2. The lowest BCUT2D eigenvalue weighted by atomic mass is 10.2. The average molecular weight is 371 g/mol. The SMILES string of the molecule is CN(C)c1oc(/C=N\NC(=O)c2cccc(Cl)c2)cc1Br. The second-order valence-electron chi connectivity index (χ2n) is 4.41. The van der Waals surface area contributed by atoms with Crippen LogP contribution in [0.2, 0.25) is 5.02 Å². The van der Waals surface area contributed by atoms with Gasteiger partial charge in [0, 0.05) is 30.7 Å². The van der Waals surface area contributed by atoms with Gasteiger partial charge in [0.25, 0.3) is 5.91 Å². The van der Waals surface area contributed by atoms with Crippen LogP contribution in [0.4, 0.5) is 5.88 Å². The van der Waals surface area contributed by atoms with Crippen LogP contribution < -0.4 is 10.3 Å². The minimum atomic E-state index is -0.341. The Morgan fingerprint density at radius 3 is 2.81 bits per heavy atom. The summed E-state index contributed by atoms with van der Waals surface area (Å²) in [7, 11) is 3.73. The molecule has 0 unspecified atom stereocenters. The number of amides is 1. The van der Waals surface area contributed by atoms with Crippen molar-refractivity contribution in [2.24, 2.45) is 5.10 Å². The molecule has 0 aliphatic heterocycles. The Morgan fingerprint density at radius 2 is 2.19 bits per heavy atom. The summed E-state index contributed by atoms with van der Waals surface area (Å²) < 4.78 is 6.35. The van der Waals surface area contributed by atoms with Gasteiger partial charge in [0.2, 0.25) is 5.88 Å². The zero-order valence-corrected chi connectivity index (χ0v) is 13.8. The maximum absolute atomic E-state index is 11.8. The second kappa shape index (κ2) is 6.78. The van der Waals surface area contributed by atoms with Crippen molar-refractivity contribution in [2.75, 3.05) is 19.0 Å². The van der Waals surface area contributed by atoms with Crippen molar-refractivity contribution in [3.05, 3.63) is 51.2 Å². The molecule has 1 aromatic carbocycles. The number of hydrogen-bond acceptors (Lipinski definition) is 4. The van der Waals surface area contributed by atoms with E-state index in [1.54, 1.807) is 30.3 Å². The molecule has 7 heteroatoms.